The van der Waals surface area contributed by atoms with E-state index in [-0.39, 0.29) is 22.2 Å². The molecule has 1 aliphatic rings. The van der Waals surface area contributed by atoms with Crippen molar-refractivity contribution in [2.75, 3.05) is 16.5 Å². The number of anilines is 2. The molecule has 0 bridgehead atoms. The van der Waals surface area contributed by atoms with E-state index in [1.165, 1.54) is 17.7 Å². The van der Waals surface area contributed by atoms with E-state index < -0.39 is 5.82 Å². The Hall–Kier alpha value is -2.97. The van der Waals surface area contributed by atoms with Crippen LogP contribution in [0.1, 0.15) is 17.0 Å². The van der Waals surface area contributed by atoms with Crippen LogP contribution >= 0.6 is 11.6 Å². The van der Waals surface area contributed by atoms with E-state index in [4.69, 9.17) is 21.6 Å². The molecule has 3 aromatic rings. The minimum absolute atomic E-state index is 0.0994. The zero-order valence-electron chi connectivity index (χ0n) is 14.1. The Morgan fingerprint density at radius 3 is 2.93 bits per heavy atom. The first-order valence-corrected chi connectivity index (χ1v) is 8.59. The molecule has 0 fully saturated rings. The number of hydrogen-bond donors (Lipinski definition) is 2. The quantitative estimate of drug-likeness (QED) is 0.403. The molecule has 2 aromatic carbocycles. The van der Waals surface area contributed by atoms with Crippen molar-refractivity contribution >= 4 is 28.8 Å². The molecule has 4 rings (SSSR count). The molecule has 0 radical (unpaired) electrons. The largest absolute Gasteiger partial charge is 0.365 e. The van der Waals surface area contributed by atoms with Crippen LogP contribution in [0.15, 0.2) is 47.1 Å². The van der Waals surface area contributed by atoms with Gasteiger partial charge in [-0.1, -0.05) is 35.0 Å². The number of halogens is 2. The Balaban J connectivity index is 1.56. The molecule has 0 spiro atoms. The van der Waals surface area contributed by atoms with Crippen LogP contribution in [-0.2, 0) is 13.0 Å². The van der Waals surface area contributed by atoms with Crippen molar-refractivity contribution < 1.29 is 14.2 Å². The van der Waals surface area contributed by atoms with Gasteiger partial charge in [0.2, 0.25) is 0 Å². The molecule has 0 saturated heterocycles. The fraction of sp³-hybridized carbons (Fsp3) is 0.167. The Morgan fingerprint density at radius 1 is 1.30 bits per heavy atom. The van der Waals surface area contributed by atoms with Crippen molar-refractivity contribution in [2.24, 2.45) is 0 Å². The highest BCUT2D eigenvalue weighted by molar-refractivity contribution is 6.31. The predicted octanol–water partition coefficient (Wildman–Crippen LogP) is 3.65. The maximum Gasteiger partial charge on any atom is 0.182 e. The van der Waals surface area contributed by atoms with E-state index in [1.54, 1.807) is 0 Å². The number of fused-ring (bicyclic) bond motifs is 1. The van der Waals surface area contributed by atoms with Gasteiger partial charge >= 0.3 is 0 Å². The number of rotatable bonds is 4. The molecule has 1 aliphatic heterocycles. The lowest BCUT2D eigenvalue weighted by molar-refractivity contribution is 0.298. The van der Waals surface area contributed by atoms with E-state index in [0.717, 1.165) is 24.7 Å². The fourth-order valence-corrected chi connectivity index (χ4v) is 3.26. The molecule has 0 atom stereocenters. The molecule has 2 N–H and O–H groups in total. The number of aromatic nitrogens is 2. The molecule has 27 heavy (non-hydrogen) atoms. The van der Waals surface area contributed by atoms with Gasteiger partial charge in [-0.3, -0.25) is 10.6 Å². The summed E-state index contributed by atoms with van der Waals surface area (Å²) < 4.78 is 18.1. The van der Waals surface area contributed by atoms with Crippen LogP contribution in [0.2, 0.25) is 5.02 Å². The lowest BCUT2D eigenvalue weighted by Gasteiger charge is -2.20. The van der Waals surface area contributed by atoms with E-state index in [2.05, 4.69) is 21.3 Å². The van der Waals surface area contributed by atoms with Crippen molar-refractivity contribution in [2.45, 2.75) is 13.0 Å². The topological polar surface area (TPSA) is 89.5 Å². The van der Waals surface area contributed by atoms with Gasteiger partial charge in [0, 0.05) is 12.2 Å². The molecule has 9 heteroatoms. The highest BCUT2D eigenvalue weighted by Gasteiger charge is 2.25. The van der Waals surface area contributed by atoms with Crippen LogP contribution in [0.3, 0.4) is 0 Å². The van der Waals surface area contributed by atoms with Gasteiger partial charge in [-0.25, -0.2) is 14.1 Å². The minimum atomic E-state index is -0.614. The van der Waals surface area contributed by atoms with Crippen LogP contribution < -0.4 is 9.96 Å². The van der Waals surface area contributed by atoms with Gasteiger partial charge in [0.15, 0.2) is 11.5 Å². The third-order valence-electron chi connectivity index (χ3n) is 4.46. The van der Waals surface area contributed by atoms with Gasteiger partial charge in [0.1, 0.15) is 11.5 Å². The maximum absolute atomic E-state index is 13.3. The number of nitrogens with zero attached hydrogens (tertiary/aromatic N) is 4. The third-order valence-corrected chi connectivity index (χ3v) is 4.75. The SMILES string of the molecule is N=C(c1nonc1CN1CCc2ccccc21)N(O)c1ccc(F)c(Cl)c1. The lowest BCUT2D eigenvalue weighted by Crippen LogP contribution is -2.29. The van der Waals surface area contributed by atoms with Crippen molar-refractivity contribution in [3.05, 3.63) is 70.3 Å². The molecular formula is C18H15ClFN5O2. The minimum Gasteiger partial charge on any atom is -0.365 e. The number of nitrogens with one attached hydrogen (secondary N) is 1. The highest BCUT2D eigenvalue weighted by atomic mass is 35.5. The third kappa shape index (κ3) is 3.24. The van der Waals surface area contributed by atoms with Crippen LogP contribution in [0, 0.1) is 11.2 Å². The molecular weight excluding hydrogens is 373 g/mol. The zero-order valence-corrected chi connectivity index (χ0v) is 14.8. The predicted molar refractivity (Wildman–Crippen MR) is 98.0 cm³/mol. The first-order valence-electron chi connectivity index (χ1n) is 8.22. The summed E-state index contributed by atoms with van der Waals surface area (Å²) in [6.45, 7) is 1.20. The monoisotopic (exact) mass is 387 g/mol. The average molecular weight is 388 g/mol. The van der Waals surface area contributed by atoms with E-state index in [0.29, 0.717) is 17.3 Å². The Labute approximate surface area is 159 Å². The van der Waals surface area contributed by atoms with Crippen molar-refractivity contribution in [1.29, 1.82) is 5.41 Å². The Kier molecular flexibility index (Phi) is 4.51. The molecule has 0 aliphatic carbocycles. The van der Waals surface area contributed by atoms with Gasteiger partial charge in [-0.2, -0.15) is 0 Å². The average Bonchev–Trinajstić information content (AvgIpc) is 3.30. The number of hydroxylamine groups is 1. The fourth-order valence-electron chi connectivity index (χ4n) is 3.09. The summed E-state index contributed by atoms with van der Waals surface area (Å²) in [7, 11) is 0. The van der Waals surface area contributed by atoms with Gasteiger partial charge in [-0.05, 0) is 41.4 Å². The standard InChI is InChI=1S/C18H15ClFN5O2/c19-13-9-12(5-6-14(13)20)25(26)18(21)17-15(22-27-23-17)10-24-8-7-11-3-1-2-4-16(11)24/h1-6,9,21,26H,7-8,10H2. The second kappa shape index (κ2) is 6.98. The van der Waals surface area contributed by atoms with Gasteiger partial charge in [0.05, 0.1) is 17.3 Å². The second-order valence-electron chi connectivity index (χ2n) is 6.12. The van der Waals surface area contributed by atoms with Crippen molar-refractivity contribution in [1.82, 2.24) is 10.3 Å². The van der Waals surface area contributed by atoms with Crippen molar-refractivity contribution in [3.63, 3.8) is 0 Å². The maximum atomic E-state index is 13.3. The Morgan fingerprint density at radius 2 is 2.11 bits per heavy atom. The molecule has 7 nitrogen and oxygen atoms in total. The number of para-hydroxylation sites is 1. The summed E-state index contributed by atoms with van der Waals surface area (Å²) in [5.41, 5.74) is 3.00. The second-order valence-corrected chi connectivity index (χ2v) is 6.53. The van der Waals surface area contributed by atoms with Crippen LogP contribution in [0.5, 0.6) is 0 Å². The van der Waals surface area contributed by atoms with Gasteiger partial charge < -0.3 is 4.90 Å². The first kappa shape index (κ1) is 17.4. The normalized spacial score (nSPS) is 12.9. The Bertz CT molecular complexity index is 1010. The molecule has 1 aromatic heterocycles. The summed E-state index contributed by atoms with van der Waals surface area (Å²) in [5.74, 6) is -0.960. The summed E-state index contributed by atoms with van der Waals surface area (Å²) >= 11 is 5.74. The molecule has 0 saturated carbocycles. The van der Waals surface area contributed by atoms with Crippen LogP contribution in [-0.4, -0.2) is 27.9 Å². The van der Waals surface area contributed by atoms with Crippen LogP contribution in [0.25, 0.3) is 0 Å². The number of hydrogen-bond acceptors (Lipinski definition) is 6. The van der Waals surface area contributed by atoms with Crippen LogP contribution in [0.4, 0.5) is 15.8 Å². The zero-order chi connectivity index (χ0) is 19.0. The van der Waals surface area contributed by atoms with Gasteiger partial charge in [-0.15, -0.1) is 0 Å². The summed E-state index contributed by atoms with van der Waals surface area (Å²) in [6, 6.07) is 11.7. The van der Waals surface area contributed by atoms with E-state index in [9.17, 15) is 9.60 Å². The summed E-state index contributed by atoms with van der Waals surface area (Å²) in [6.07, 6.45) is 0.925. The lowest BCUT2D eigenvalue weighted by atomic mass is 10.2. The smallest absolute Gasteiger partial charge is 0.182 e. The van der Waals surface area contributed by atoms with Crippen molar-refractivity contribution in [3.8, 4) is 0 Å². The van der Waals surface area contributed by atoms with Gasteiger partial charge in [0.25, 0.3) is 0 Å². The first-order chi connectivity index (χ1) is 13.0. The van der Waals surface area contributed by atoms with E-state index in [1.807, 2.05) is 18.2 Å². The highest BCUT2D eigenvalue weighted by Crippen LogP contribution is 2.29. The number of amidine groups is 1. The molecule has 0 unspecified atom stereocenters. The summed E-state index contributed by atoms with van der Waals surface area (Å²) in [4.78, 5) is 2.11. The number of benzene rings is 2. The van der Waals surface area contributed by atoms with E-state index >= 15 is 0 Å². The molecule has 138 valence electrons. The molecule has 2 heterocycles. The molecule has 0 amide bonds. The summed E-state index contributed by atoms with van der Waals surface area (Å²) in [5, 5.41) is 26.6.